The third-order valence-corrected chi connectivity index (χ3v) is 6.52. The van der Waals surface area contributed by atoms with Crippen molar-refractivity contribution in [3.8, 4) is 11.1 Å². The van der Waals surface area contributed by atoms with Crippen molar-refractivity contribution in [2.24, 2.45) is 7.05 Å². The van der Waals surface area contributed by atoms with Gasteiger partial charge in [-0.3, -0.25) is 14.2 Å². The lowest BCUT2D eigenvalue weighted by molar-refractivity contribution is -0.120. The van der Waals surface area contributed by atoms with Crippen molar-refractivity contribution >= 4 is 39.2 Å². The van der Waals surface area contributed by atoms with Gasteiger partial charge < -0.3 is 5.32 Å². The minimum atomic E-state index is -0.335. The number of hydrogen-bond donors (Lipinski definition) is 1. The highest BCUT2D eigenvalue weighted by atomic mass is 32.2. The highest BCUT2D eigenvalue weighted by Gasteiger charge is 2.27. The zero-order valence-corrected chi connectivity index (χ0v) is 16.5. The van der Waals surface area contributed by atoms with E-state index in [4.69, 9.17) is 0 Å². The first kappa shape index (κ1) is 18.2. The molecule has 1 saturated carbocycles. The van der Waals surface area contributed by atoms with E-state index in [1.54, 1.807) is 19.2 Å². The number of hydrogen-bond acceptors (Lipinski definition) is 5. The number of halogens is 1. The zero-order chi connectivity index (χ0) is 19.1. The molecule has 1 aliphatic carbocycles. The molecule has 0 radical (unpaired) electrons. The van der Waals surface area contributed by atoms with Gasteiger partial charge in [-0.25, -0.2) is 9.37 Å². The van der Waals surface area contributed by atoms with Crippen LogP contribution in [0.25, 0.3) is 21.3 Å². The zero-order valence-electron chi connectivity index (χ0n) is 14.9. The van der Waals surface area contributed by atoms with Crippen LogP contribution in [0.3, 0.4) is 0 Å². The molecule has 2 heterocycles. The Hall–Kier alpha value is -2.19. The van der Waals surface area contributed by atoms with Gasteiger partial charge in [-0.2, -0.15) is 0 Å². The summed E-state index contributed by atoms with van der Waals surface area (Å²) >= 11 is 2.66. The Bertz CT molecular complexity index is 1070. The molecule has 140 valence electrons. The quantitative estimate of drug-likeness (QED) is 0.523. The number of benzene rings is 1. The lowest BCUT2D eigenvalue weighted by Crippen LogP contribution is -2.33. The largest absolute Gasteiger partial charge is 0.352 e. The van der Waals surface area contributed by atoms with Crippen LogP contribution in [-0.4, -0.2) is 26.8 Å². The van der Waals surface area contributed by atoms with E-state index in [1.807, 2.05) is 12.3 Å². The van der Waals surface area contributed by atoms with Crippen LogP contribution in [0, 0.1) is 5.82 Å². The maximum Gasteiger partial charge on any atom is 0.263 e. The predicted molar refractivity (Wildman–Crippen MR) is 107 cm³/mol. The smallest absolute Gasteiger partial charge is 0.263 e. The van der Waals surface area contributed by atoms with Gasteiger partial charge in [-0.15, -0.1) is 11.3 Å². The van der Waals surface area contributed by atoms with E-state index >= 15 is 0 Å². The fourth-order valence-corrected chi connectivity index (χ4v) is 4.63. The number of rotatable bonds is 5. The molecule has 0 spiro atoms. The van der Waals surface area contributed by atoms with E-state index in [1.165, 1.54) is 39.8 Å². The van der Waals surface area contributed by atoms with Gasteiger partial charge in [0, 0.05) is 24.0 Å². The van der Waals surface area contributed by atoms with Gasteiger partial charge in [-0.05, 0) is 37.5 Å². The molecule has 0 saturated heterocycles. The Balaban J connectivity index is 1.68. The summed E-state index contributed by atoms with van der Waals surface area (Å²) in [6, 6.07) is 6.37. The van der Waals surface area contributed by atoms with Crippen LogP contribution in [0.2, 0.25) is 0 Å². The number of carbonyl (C=O) groups excluding carboxylic acids is 1. The standard InChI is InChI=1S/C19H18FN3O2S2/c1-10(16(24)21-13-7-8-13)27-19-22-17-15(18(25)23(19)2)14(9-26-17)11-3-5-12(20)6-4-11/h3-6,9-10,13H,7-8H2,1-2H3,(H,21,24)/t10-/m1/s1. The molecule has 3 aromatic rings. The van der Waals surface area contributed by atoms with Crippen LogP contribution in [0.4, 0.5) is 4.39 Å². The Labute approximate surface area is 163 Å². The molecule has 1 aliphatic rings. The Morgan fingerprint density at radius 3 is 2.74 bits per heavy atom. The molecule has 1 aromatic carbocycles. The maximum atomic E-state index is 13.2. The molecule has 1 fully saturated rings. The molecular formula is C19H18FN3O2S2. The monoisotopic (exact) mass is 403 g/mol. The minimum Gasteiger partial charge on any atom is -0.352 e. The summed E-state index contributed by atoms with van der Waals surface area (Å²) in [5.41, 5.74) is 1.36. The van der Waals surface area contributed by atoms with Crippen molar-refractivity contribution < 1.29 is 9.18 Å². The number of thiophene rings is 1. The second-order valence-corrected chi connectivity index (χ2v) is 8.80. The molecule has 27 heavy (non-hydrogen) atoms. The summed E-state index contributed by atoms with van der Waals surface area (Å²) in [4.78, 5) is 30.4. The van der Waals surface area contributed by atoms with Gasteiger partial charge in [-0.1, -0.05) is 23.9 Å². The van der Waals surface area contributed by atoms with Gasteiger partial charge >= 0.3 is 0 Å². The van der Waals surface area contributed by atoms with Crippen molar-refractivity contribution in [2.75, 3.05) is 0 Å². The van der Waals surface area contributed by atoms with Crippen LogP contribution in [0.5, 0.6) is 0 Å². The van der Waals surface area contributed by atoms with E-state index in [0.29, 0.717) is 21.4 Å². The first-order valence-corrected chi connectivity index (χ1v) is 10.4. The molecule has 0 aliphatic heterocycles. The summed E-state index contributed by atoms with van der Waals surface area (Å²) in [5.74, 6) is -0.350. The predicted octanol–water partition coefficient (Wildman–Crippen LogP) is 3.56. The maximum absolute atomic E-state index is 13.2. The van der Waals surface area contributed by atoms with Crippen molar-refractivity contribution in [1.29, 1.82) is 0 Å². The van der Waals surface area contributed by atoms with Crippen molar-refractivity contribution in [3.63, 3.8) is 0 Å². The van der Waals surface area contributed by atoms with Crippen LogP contribution >= 0.6 is 23.1 Å². The summed E-state index contributed by atoms with van der Waals surface area (Å²) < 4.78 is 14.7. The Morgan fingerprint density at radius 1 is 1.37 bits per heavy atom. The number of aromatic nitrogens is 2. The Kier molecular flexibility index (Phi) is 4.77. The number of amides is 1. The molecule has 1 N–H and O–H groups in total. The van der Waals surface area contributed by atoms with Gasteiger partial charge in [0.05, 0.1) is 10.6 Å². The highest BCUT2D eigenvalue weighted by molar-refractivity contribution is 8.00. The van der Waals surface area contributed by atoms with Crippen LogP contribution < -0.4 is 10.9 Å². The highest BCUT2D eigenvalue weighted by Crippen LogP contribution is 2.33. The van der Waals surface area contributed by atoms with E-state index < -0.39 is 0 Å². The van der Waals surface area contributed by atoms with Gasteiger partial charge in [0.15, 0.2) is 5.16 Å². The molecule has 2 aromatic heterocycles. The molecule has 0 bridgehead atoms. The topological polar surface area (TPSA) is 64.0 Å². The molecule has 1 atom stereocenters. The van der Waals surface area contributed by atoms with Crippen LogP contribution in [-0.2, 0) is 11.8 Å². The molecule has 5 nitrogen and oxygen atoms in total. The SMILES string of the molecule is C[C@@H](Sc1nc2scc(-c3ccc(F)cc3)c2c(=O)n1C)C(=O)NC1CC1. The average molecular weight is 404 g/mol. The second-order valence-electron chi connectivity index (χ2n) is 6.64. The van der Waals surface area contributed by atoms with Crippen molar-refractivity contribution in [2.45, 2.75) is 36.2 Å². The van der Waals surface area contributed by atoms with E-state index in [0.717, 1.165) is 24.0 Å². The average Bonchev–Trinajstić information content (AvgIpc) is 3.36. The summed E-state index contributed by atoms with van der Waals surface area (Å²) in [6.45, 7) is 1.82. The number of carbonyl (C=O) groups is 1. The van der Waals surface area contributed by atoms with E-state index in [-0.39, 0.29) is 22.5 Å². The lowest BCUT2D eigenvalue weighted by atomic mass is 10.1. The number of thioether (sulfide) groups is 1. The summed E-state index contributed by atoms with van der Waals surface area (Å²) in [7, 11) is 1.66. The normalized spacial score (nSPS) is 15.1. The van der Waals surface area contributed by atoms with Crippen molar-refractivity contribution in [1.82, 2.24) is 14.9 Å². The fraction of sp³-hybridized carbons (Fsp3) is 0.316. The number of fused-ring (bicyclic) bond motifs is 1. The number of nitrogens with zero attached hydrogens (tertiary/aromatic N) is 2. The first-order chi connectivity index (χ1) is 12.9. The Morgan fingerprint density at radius 2 is 2.07 bits per heavy atom. The van der Waals surface area contributed by atoms with E-state index in [2.05, 4.69) is 10.3 Å². The van der Waals surface area contributed by atoms with Gasteiger partial charge in [0.1, 0.15) is 10.6 Å². The molecule has 1 amide bonds. The summed E-state index contributed by atoms with van der Waals surface area (Å²) in [5, 5.41) is 5.54. The lowest BCUT2D eigenvalue weighted by Gasteiger charge is -2.13. The molecule has 4 rings (SSSR count). The molecule has 8 heteroatoms. The fourth-order valence-electron chi connectivity index (χ4n) is 2.76. The third-order valence-electron chi connectivity index (χ3n) is 4.50. The second kappa shape index (κ2) is 7.09. The first-order valence-electron chi connectivity index (χ1n) is 8.65. The minimum absolute atomic E-state index is 0.0324. The van der Waals surface area contributed by atoms with Gasteiger partial charge in [0.25, 0.3) is 5.56 Å². The van der Waals surface area contributed by atoms with E-state index in [9.17, 15) is 14.0 Å². The number of nitrogens with one attached hydrogen (secondary N) is 1. The van der Waals surface area contributed by atoms with Crippen LogP contribution in [0.15, 0.2) is 39.6 Å². The third kappa shape index (κ3) is 3.64. The van der Waals surface area contributed by atoms with Crippen molar-refractivity contribution in [3.05, 3.63) is 45.8 Å². The van der Waals surface area contributed by atoms with Gasteiger partial charge in [0.2, 0.25) is 5.91 Å². The van der Waals surface area contributed by atoms with Crippen LogP contribution in [0.1, 0.15) is 19.8 Å². The summed E-state index contributed by atoms with van der Waals surface area (Å²) in [6.07, 6.45) is 2.07. The molecule has 0 unspecified atom stereocenters. The molecular weight excluding hydrogens is 385 g/mol.